The van der Waals surface area contributed by atoms with Crippen LogP contribution in [-0.2, 0) is 16.6 Å². The summed E-state index contributed by atoms with van der Waals surface area (Å²) < 4.78 is 19.3. The maximum atomic E-state index is 13.1. The third kappa shape index (κ3) is 3.32. The van der Waals surface area contributed by atoms with Gasteiger partial charge in [-0.3, -0.25) is 14.2 Å². The van der Waals surface area contributed by atoms with Crippen LogP contribution in [0.15, 0.2) is 39.6 Å². The van der Waals surface area contributed by atoms with Gasteiger partial charge in [-0.05, 0) is 24.6 Å². The molecule has 0 fully saturated rings. The number of methoxy groups -OCH3 is 1. The van der Waals surface area contributed by atoms with Crippen molar-refractivity contribution in [3.05, 3.63) is 45.8 Å². The van der Waals surface area contributed by atoms with Gasteiger partial charge in [0, 0.05) is 18.0 Å². The number of esters is 1. The van der Waals surface area contributed by atoms with Gasteiger partial charge >= 0.3 is 5.97 Å². The number of thioether (sulfide) groups is 1. The number of ether oxygens (including phenoxy) is 1. The highest BCUT2D eigenvalue weighted by Gasteiger charge is 2.20. The van der Waals surface area contributed by atoms with E-state index < -0.39 is 5.25 Å². The molecule has 0 amide bonds. The second kappa shape index (κ2) is 6.97. The molecule has 3 aromatic rings. The molecule has 1 aromatic carbocycles. The molecule has 130 valence electrons. The van der Waals surface area contributed by atoms with Crippen molar-refractivity contribution < 1.29 is 13.9 Å². The minimum atomic E-state index is -0.475. The van der Waals surface area contributed by atoms with E-state index >= 15 is 0 Å². The van der Waals surface area contributed by atoms with Crippen molar-refractivity contribution in [2.45, 2.75) is 17.3 Å². The molecular formula is C17H15FN2O3S2. The maximum absolute atomic E-state index is 13.1. The van der Waals surface area contributed by atoms with Gasteiger partial charge in [0.1, 0.15) is 15.9 Å². The fraction of sp³-hybridized carbons (Fsp3) is 0.235. The van der Waals surface area contributed by atoms with Gasteiger partial charge in [-0.1, -0.05) is 23.9 Å². The second-order valence-corrected chi connectivity index (χ2v) is 7.54. The zero-order chi connectivity index (χ0) is 18.1. The van der Waals surface area contributed by atoms with Crippen LogP contribution >= 0.6 is 23.1 Å². The fourth-order valence-electron chi connectivity index (χ4n) is 2.37. The summed E-state index contributed by atoms with van der Waals surface area (Å²) in [5.74, 6) is -0.706. The topological polar surface area (TPSA) is 61.2 Å². The number of fused-ring (bicyclic) bond motifs is 1. The summed E-state index contributed by atoms with van der Waals surface area (Å²) in [4.78, 5) is 29.5. The smallest absolute Gasteiger partial charge is 0.318 e. The van der Waals surface area contributed by atoms with Gasteiger partial charge in [0.15, 0.2) is 5.16 Å². The van der Waals surface area contributed by atoms with E-state index in [9.17, 15) is 14.0 Å². The molecule has 2 aromatic heterocycles. The SMILES string of the molecule is COC(=O)[C@H](C)Sc1nc2scc(-c3ccc(F)cc3)c2c(=O)n1C. The van der Waals surface area contributed by atoms with Crippen LogP contribution in [0.3, 0.4) is 0 Å². The molecule has 25 heavy (non-hydrogen) atoms. The molecule has 0 saturated carbocycles. The summed E-state index contributed by atoms with van der Waals surface area (Å²) in [6.45, 7) is 1.70. The summed E-state index contributed by atoms with van der Waals surface area (Å²) in [5, 5.41) is 2.30. The normalized spacial score (nSPS) is 12.3. The van der Waals surface area contributed by atoms with Gasteiger partial charge in [-0.25, -0.2) is 9.37 Å². The highest BCUT2D eigenvalue weighted by molar-refractivity contribution is 8.00. The predicted octanol–water partition coefficient (Wildman–Crippen LogP) is 3.45. The Morgan fingerprint density at radius 3 is 2.68 bits per heavy atom. The van der Waals surface area contributed by atoms with E-state index in [0.29, 0.717) is 15.4 Å². The molecule has 3 rings (SSSR count). The van der Waals surface area contributed by atoms with Crippen LogP contribution in [0.1, 0.15) is 6.92 Å². The molecule has 5 nitrogen and oxygen atoms in total. The van der Waals surface area contributed by atoms with Crippen molar-refractivity contribution in [2.24, 2.45) is 7.05 Å². The third-order valence-electron chi connectivity index (χ3n) is 3.74. The molecule has 8 heteroatoms. The molecule has 0 N–H and O–H groups in total. The third-order valence-corrected chi connectivity index (χ3v) is 5.74. The van der Waals surface area contributed by atoms with Crippen molar-refractivity contribution in [1.82, 2.24) is 9.55 Å². The van der Waals surface area contributed by atoms with Gasteiger partial charge < -0.3 is 4.74 Å². The lowest BCUT2D eigenvalue weighted by molar-refractivity contribution is -0.139. The van der Waals surface area contributed by atoms with Crippen LogP contribution in [0.4, 0.5) is 4.39 Å². The lowest BCUT2D eigenvalue weighted by Gasteiger charge is -2.11. The van der Waals surface area contributed by atoms with Gasteiger partial charge in [-0.15, -0.1) is 11.3 Å². The average molecular weight is 378 g/mol. The molecule has 0 aliphatic carbocycles. The Balaban J connectivity index is 2.09. The number of aromatic nitrogens is 2. The lowest BCUT2D eigenvalue weighted by atomic mass is 10.1. The van der Waals surface area contributed by atoms with E-state index in [1.807, 2.05) is 5.38 Å². The highest BCUT2D eigenvalue weighted by Crippen LogP contribution is 2.32. The van der Waals surface area contributed by atoms with Gasteiger partial charge in [0.25, 0.3) is 5.56 Å². The standard InChI is InChI=1S/C17H15FN2O3S2/c1-9(16(22)23-3)25-17-19-14-13(15(21)20(17)2)12(8-24-14)10-4-6-11(18)7-5-10/h4-9H,1-3H3/t9-/m0/s1. The van der Waals surface area contributed by atoms with E-state index in [4.69, 9.17) is 4.74 Å². The zero-order valence-electron chi connectivity index (χ0n) is 13.8. The Morgan fingerprint density at radius 2 is 2.04 bits per heavy atom. The molecule has 0 unspecified atom stereocenters. The molecule has 0 aliphatic rings. The van der Waals surface area contributed by atoms with Crippen LogP contribution < -0.4 is 5.56 Å². The highest BCUT2D eigenvalue weighted by atomic mass is 32.2. The largest absolute Gasteiger partial charge is 0.468 e. The van der Waals surface area contributed by atoms with Crippen LogP contribution in [0.25, 0.3) is 21.3 Å². The Bertz CT molecular complexity index is 996. The summed E-state index contributed by atoms with van der Waals surface area (Å²) in [7, 11) is 2.94. The quantitative estimate of drug-likeness (QED) is 0.395. The number of carbonyl (C=O) groups excluding carboxylic acids is 1. The summed E-state index contributed by atoms with van der Waals surface area (Å²) in [6.07, 6.45) is 0. The Kier molecular flexibility index (Phi) is 4.91. The minimum absolute atomic E-state index is 0.204. The predicted molar refractivity (Wildman–Crippen MR) is 97.6 cm³/mol. The van der Waals surface area contributed by atoms with Crippen molar-refractivity contribution in [1.29, 1.82) is 0 Å². The van der Waals surface area contributed by atoms with E-state index in [-0.39, 0.29) is 17.3 Å². The first-order valence-corrected chi connectivity index (χ1v) is 9.17. The van der Waals surface area contributed by atoms with Gasteiger partial charge in [0.05, 0.1) is 12.5 Å². The summed E-state index contributed by atoms with van der Waals surface area (Å²) in [5.41, 5.74) is 1.28. The van der Waals surface area contributed by atoms with Gasteiger partial charge in [-0.2, -0.15) is 0 Å². The van der Waals surface area contributed by atoms with Crippen LogP contribution in [-0.4, -0.2) is 27.9 Å². The number of thiophene rings is 1. The average Bonchev–Trinajstić information content (AvgIpc) is 3.03. The zero-order valence-corrected chi connectivity index (χ0v) is 15.4. The summed E-state index contributed by atoms with van der Waals surface area (Å²) >= 11 is 2.52. The number of rotatable bonds is 4. The molecule has 2 heterocycles. The van der Waals surface area contributed by atoms with Gasteiger partial charge in [0.2, 0.25) is 0 Å². The number of carbonyl (C=O) groups is 1. The molecule has 0 bridgehead atoms. The van der Waals surface area contributed by atoms with E-state index in [1.54, 1.807) is 26.1 Å². The maximum Gasteiger partial charge on any atom is 0.318 e. The van der Waals surface area contributed by atoms with E-state index in [2.05, 4.69) is 4.98 Å². The summed E-state index contributed by atoms with van der Waals surface area (Å²) in [6, 6.07) is 5.99. The van der Waals surface area contributed by atoms with Crippen LogP contribution in [0, 0.1) is 5.82 Å². The minimum Gasteiger partial charge on any atom is -0.468 e. The first kappa shape index (κ1) is 17.6. The number of hydrogen-bond donors (Lipinski definition) is 0. The number of nitrogens with zero attached hydrogens (tertiary/aromatic N) is 2. The van der Waals surface area contributed by atoms with Crippen molar-refractivity contribution in [3.8, 4) is 11.1 Å². The number of halogens is 1. The Morgan fingerprint density at radius 1 is 1.36 bits per heavy atom. The van der Waals surface area contributed by atoms with E-state index in [1.165, 1.54) is 46.9 Å². The first-order chi connectivity index (χ1) is 11.9. The fourth-order valence-corrected chi connectivity index (χ4v) is 4.26. The van der Waals surface area contributed by atoms with Crippen LogP contribution in [0.2, 0.25) is 0 Å². The van der Waals surface area contributed by atoms with Crippen LogP contribution in [0.5, 0.6) is 0 Å². The Hall–Kier alpha value is -2.19. The van der Waals surface area contributed by atoms with Crippen molar-refractivity contribution >= 4 is 39.3 Å². The molecule has 0 aliphatic heterocycles. The number of hydrogen-bond acceptors (Lipinski definition) is 6. The van der Waals surface area contributed by atoms with E-state index in [0.717, 1.165) is 11.1 Å². The molecule has 1 atom stereocenters. The molecular weight excluding hydrogens is 363 g/mol. The first-order valence-electron chi connectivity index (χ1n) is 7.41. The van der Waals surface area contributed by atoms with Crippen molar-refractivity contribution in [3.63, 3.8) is 0 Å². The second-order valence-electron chi connectivity index (χ2n) is 5.38. The monoisotopic (exact) mass is 378 g/mol. The molecule has 0 saturated heterocycles. The number of benzene rings is 1. The van der Waals surface area contributed by atoms with Crippen molar-refractivity contribution in [2.75, 3.05) is 7.11 Å². The Labute approximate surface area is 151 Å². The lowest BCUT2D eigenvalue weighted by Crippen LogP contribution is -2.22. The molecule has 0 spiro atoms. The molecule has 0 radical (unpaired) electrons.